The summed E-state index contributed by atoms with van der Waals surface area (Å²) < 4.78 is 23.4. The largest absolute Gasteiger partial charge is 0.484 e. The molecular formula is C12H13FO4. The van der Waals surface area contributed by atoms with Crippen LogP contribution in [0.15, 0.2) is 12.1 Å². The van der Waals surface area contributed by atoms with Gasteiger partial charge in [-0.25, -0.2) is 4.39 Å². The minimum Gasteiger partial charge on any atom is -0.484 e. The van der Waals surface area contributed by atoms with E-state index in [2.05, 4.69) is 4.74 Å². The summed E-state index contributed by atoms with van der Waals surface area (Å²) in [4.78, 5) is 11.1. The molecule has 0 aromatic heterocycles. The Kier molecular flexibility index (Phi) is 3.28. The lowest BCUT2D eigenvalue weighted by molar-refractivity contribution is -0.139. The minimum absolute atomic E-state index is 0.0322. The van der Waals surface area contributed by atoms with E-state index in [4.69, 9.17) is 9.84 Å². The molecule has 1 heterocycles. The van der Waals surface area contributed by atoms with Gasteiger partial charge in [-0.15, -0.1) is 0 Å². The second kappa shape index (κ2) is 4.71. The van der Waals surface area contributed by atoms with Crippen LogP contribution in [0.1, 0.15) is 11.1 Å². The fourth-order valence-electron chi connectivity index (χ4n) is 1.89. The number of halogens is 1. The van der Waals surface area contributed by atoms with Crippen molar-refractivity contribution in [3.05, 3.63) is 29.1 Å². The molecule has 92 valence electrons. The molecular weight excluding hydrogens is 227 g/mol. The highest BCUT2D eigenvalue weighted by Gasteiger charge is 2.26. The van der Waals surface area contributed by atoms with Gasteiger partial charge < -0.3 is 14.6 Å². The number of ether oxygens (including phenoxy) is 2. The number of hydrogen-bond donors (Lipinski definition) is 1. The van der Waals surface area contributed by atoms with Gasteiger partial charge in [-0.05, 0) is 11.6 Å². The molecule has 1 aliphatic rings. The summed E-state index contributed by atoms with van der Waals surface area (Å²) in [7, 11) is 1.29. The second-order valence-electron chi connectivity index (χ2n) is 3.95. The fourth-order valence-corrected chi connectivity index (χ4v) is 1.89. The Morgan fingerprint density at radius 3 is 3.06 bits per heavy atom. The summed E-state index contributed by atoms with van der Waals surface area (Å²) in [6.45, 7) is -0.152. The van der Waals surface area contributed by atoms with E-state index < -0.39 is 17.9 Å². The molecule has 2 rings (SSSR count). The SMILES string of the molecule is COC(=O)Cc1cc(F)c2c(c1)CC(CO)O2. The summed E-state index contributed by atoms with van der Waals surface area (Å²) in [5.41, 5.74) is 1.23. The van der Waals surface area contributed by atoms with E-state index in [1.165, 1.54) is 13.2 Å². The van der Waals surface area contributed by atoms with Crippen molar-refractivity contribution in [2.24, 2.45) is 0 Å². The van der Waals surface area contributed by atoms with Crippen LogP contribution in [0.5, 0.6) is 5.75 Å². The zero-order valence-electron chi connectivity index (χ0n) is 9.40. The molecule has 1 unspecified atom stereocenters. The molecule has 0 saturated heterocycles. The molecule has 1 atom stereocenters. The Bertz CT molecular complexity index is 444. The molecule has 1 aromatic carbocycles. The Hall–Kier alpha value is -1.62. The summed E-state index contributed by atoms with van der Waals surface area (Å²) >= 11 is 0. The number of benzene rings is 1. The molecule has 5 heteroatoms. The summed E-state index contributed by atoms with van der Waals surface area (Å²) in [5.74, 6) is -0.739. The average molecular weight is 240 g/mol. The Balaban J connectivity index is 2.24. The number of esters is 1. The van der Waals surface area contributed by atoms with Crippen LogP contribution >= 0.6 is 0 Å². The normalized spacial score (nSPS) is 17.5. The highest BCUT2D eigenvalue weighted by atomic mass is 19.1. The van der Waals surface area contributed by atoms with Crippen molar-refractivity contribution < 1.29 is 23.8 Å². The van der Waals surface area contributed by atoms with E-state index in [0.717, 1.165) is 0 Å². The van der Waals surface area contributed by atoms with Gasteiger partial charge >= 0.3 is 5.97 Å². The van der Waals surface area contributed by atoms with Crippen LogP contribution in [0.2, 0.25) is 0 Å². The van der Waals surface area contributed by atoms with E-state index in [-0.39, 0.29) is 18.8 Å². The third kappa shape index (κ3) is 2.39. The van der Waals surface area contributed by atoms with Crippen molar-refractivity contribution in [2.75, 3.05) is 13.7 Å². The molecule has 1 aromatic rings. The Labute approximate surface area is 98.0 Å². The van der Waals surface area contributed by atoms with Gasteiger partial charge in [0, 0.05) is 12.0 Å². The molecule has 4 nitrogen and oxygen atoms in total. The lowest BCUT2D eigenvalue weighted by atomic mass is 10.0. The minimum atomic E-state index is -0.502. The van der Waals surface area contributed by atoms with Crippen molar-refractivity contribution in [3.8, 4) is 5.75 Å². The van der Waals surface area contributed by atoms with Crippen LogP contribution in [0.3, 0.4) is 0 Å². The number of carbonyl (C=O) groups is 1. The lowest BCUT2D eigenvalue weighted by Gasteiger charge is -2.06. The zero-order chi connectivity index (χ0) is 12.4. The average Bonchev–Trinajstić information content (AvgIpc) is 2.72. The highest BCUT2D eigenvalue weighted by molar-refractivity contribution is 5.72. The van der Waals surface area contributed by atoms with Gasteiger partial charge in [0.25, 0.3) is 0 Å². The highest BCUT2D eigenvalue weighted by Crippen LogP contribution is 2.32. The molecule has 0 amide bonds. The first-order valence-electron chi connectivity index (χ1n) is 5.29. The smallest absolute Gasteiger partial charge is 0.309 e. The fraction of sp³-hybridized carbons (Fsp3) is 0.417. The number of carbonyl (C=O) groups excluding carboxylic acids is 1. The molecule has 1 N–H and O–H groups in total. The second-order valence-corrected chi connectivity index (χ2v) is 3.95. The predicted octanol–water partition coefficient (Wildman–Crippen LogP) is 0.837. The first-order chi connectivity index (χ1) is 8.13. The number of fused-ring (bicyclic) bond motifs is 1. The Morgan fingerprint density at radius 1 is 1.65 bits per heavy atom. The molecule has 0 saturated carbocycles. The quantitative estimate of drug-likeness (QED) is 0.795. The van der Waals surface area contributed by atoms with Crippen molar-refractivity contribution in [1.29, 1.82) is 0 Å². The number of aliphatic hydroxyl groups excluding tert-OH is 1. The maximum atomic E-state index is 13.7. The molecule has 1 aliphatic heterocycles. The van der Waals surface area contributed by atoms with E-state index in [0.29, 0.717) is 17.5 Å². The molecule has 0 bridgehead atoms. The van der Waals surface area contributed by atoms with E-state index >= 15 is 0 Å². The third-order valence-electron chi connectivity index (χ3n) is 2.69. The number of rotatable bonds is 3. The monoisotopic (exact) mass is 240 g/mol. The number of aliphatic hydroxyl groups is 1. The van der Waals surface area contributed by atoms with Crippen molar-refractivity contribution in [3.63, 3.8) is 0 Å². The first-order valence-corrected chi connectivity index (χ1v) is 5.29. The van der Waals surface area contributed by atoms with Crippen LogP contribution in [0.4, 0.5) is 4.39 Å². The topological polar surface area (TPSA) is 55.8 Å². The number of hydrogen-bond acceptors (Lipinski definition) is 4. The van der Waals surface area contributed by atoms with Crippen LogP contribution in [-0.2, 0) is 22.4 Å². The van der Waals surface area contributed by atoms with Crippen LogP contribution < -0.4 is 4.74 Å². The molecule has 0 radical (unpaired) electrons. The van der Waals surface area contributed by atoms with Crippen molar-refractivity contribution in [2.45, 2.75) is 18.9 Å². The standard InChI is InChI=1S/C12H13FO4/c1-16-11(15)4-7-2-8-5-9(6-14)17-12(8)10(13)3-7/h2-3,9,14H,4-6H2,1H3. The maximum absolute atomic E-state index is 13.7. The first kappa shape index (κ1) is 11.9. The Morgan fingerprint density at radius 2 is 2.41 bits per heavy atom. The summed E-state index contributed by atoms with van der Waals surface area (Å²) in [5, 5.41) is 8.96. The maximum Gasteiger partial charge on any atom is 0.309 e. The van der Waals surface area contributed by atoms with Gasteiger partial charge in [-0.1, -0.05) is 6.07 Å². The van der Waals surface area contributed by atoms with Crippen molar-refractivity contribution in [1.82, 2.24) is 0 Å². The molecule has 0 spiro atoms. The number of methoxy groups -OCH3 is 1. The van der Waals surface area contributed by atoms with Crippen LogP contribution in [0.25, 0.3) is 0 Å². The van der Waals surface area contributed by atoms with Gasteiger partial charge in [-0.3, -0.25) is 4.79 Å². The lowest BCUT2D eigenvalue weighted by Crippen LogP contribution is -2.17. The van der Waals surface area contributed by atoms with E-state index in [1.54, 1.807) is 6.07 Å². The van der Waals surface area contributed by atoms with Crippen molar-refractivity contribution >= 4 is 5.97 Å². The van der Waals surface area contributed by atoms with Gasteiger partial charge in [0.05, 0.1) is 20.1 Å². The van der Waals surface area contributed by atoms with Gasteiger partial charge in [0.15, 0.2) is 11.6 Å². The molecule has 0 fully saturated rings. The van der Waals surface area contributed by atoms with Gasteiger partial charge in [-0.2, -0.15) is 0 Å². The van der Waals surface area contributed by atoms with Crippen LogP contribution in [0, 0.1) is 5.82 Å². The summed E-state index contributed by atoms with van der Waals surface area (Å²) in [6.07, 6.45) is 0.0929. The van der Waals surface area contributed by atoms with E-state index in [1.807, 2.05) is 0 Å². The molecule has 0 aliphatic carbocycles. The van der Waals surface area contributed by atoms with Gasteiger partial charge in [0.1, 0.15) is 6.10 Å². The van der Waals surface area contributed by atoms with E-state index in [9.17, 15) is 9.18 Å². The van der Waals surface area contributed by atoms with Crippen LogP contribution in [-0.4, -0.2) is 30.9 Å². The zero-order valence-corrected chi connectivity index (χ0v) is 9.40. The van der Waals surface area contributed by atoms with Gasteiger partial charge in [0.2, 0.25) is 0 Å². The predicted molar refractivity (Wildman–Crippen MR) is 57.3 cm³/mol. The molecule has 17 heavy (non-hydrogen) atoms. The third-order valence-corrected chi connectivity index (χ3v) is 2.69. The summed E-state index contributed by atoms with van der Waals surface area (Å²) in [6, 6.07) is 2.97.